The van der Waals surface area contributed by atoms with Crippen LogP contribution in [-0.4, -0.2) is 18.5 Å². The van der Waals surface area contributed by atoms with Crippen LogP contribution in [0, 0.1) is 5.92 Å². The minimum Gasteiger partial charge on any atom is -0.355 e. The maximum atomic E-state index is 12.3. The van der Waals surface area contributed by atoms with Gasteiger partial charge in [0, 0.05) is 18.5 Å². The Hall–Kier alpha value is -1.35. The molecule has 3 heteroatoms. The first-order valence-corrected chi connectivity index (χ1v) is 7.87. The molecule has 2 aliphatic rings. The van der Waals surface area contributed by atoms with Crippen molar-refractivity contribution in [3.63, 3.8) is 0 Å². The van der Waals surface area contributed by atoms with Gasteiger partial charge in [-0.2, -0.15) is 0 Å². The van der Waals surface area contributed by atoms with Crippen molar-refractivity contribution in [3.05, 3.63) is 35.4 Å². The van der Waals surface area contributed by atoms with Gasteiger partial charge in [-0.05, 0) is 30.4 Å². The molecule has 3 rings (SSSR count). The third-order valence-electron chi connectivity index (χ3n) is 4.89. The third kappa shape index (κ3) is 2.73. The molecule has 1 saturated carbocycles. The van der Waals surface area contributed by atoms with Gasteiger partial charge in [0.05, 0.1) is 5.92 Å². The molecule has 20 heavy (non-hydrogen) atoms. The van der Waals surface area contributed by atoms with E-state index in [0.29, 0.717) is 5.92 Å². The second-order valence-electron chi connectivity index (χ2n) is 6.25. The normalized spacial score (nSPS) is 28.9. The summed E-state index contributed by atoms with van der Waals surface area (Å²) in [4.78, 5) is 12.3. The van der Waals surface area contributed by atoms with Crippen molar-refractivity contribution in [2.75, 3.05) is 6.54 Å². The predicted octanol–water partition coefficient (Wildman–Crippen LogP) is 2.35. The Kier molecular flexibility index (Phi) is 4.06. The number of amides is 1. The molecule has 0 spiro atoms. The van der Waals surface area contributed by atoms with Crippen molar-refractivity contribution in [2.45, 2.75) is 50.5 Å². The summed E-state index contributed by atoms with van der Waals surface area (Å²) in [6, 6.07) is 8.56. The SMILES string of the molecule is NC1CCCCCC1C(=O)NCC1Cc2ccccc21. The number of nitrogens with one attached hydrogen (secondary N) is 1. The number of benzene rings is 1. The second-order valence-corrected chi connectivity index (χ2v) is 6.25. The van der Waals surface area contributed by atoms with Crippen molar-refractivity contribution in [2.24, 2.45) is 11.7 Å². The molecule has 108 valence electrons. The van der Waals surface area contributed by atoms with E-state index in [-0.39, 0.29) is 17.9 Å². The molecule has 3 atom stereocenters. The minimum atomic E-state index is 0.0211. The first kappa shape index (κ1) is 13.6. The highest BCUT2D eigenvalue weighted by Gasteiger charge is 2.29. The van der Waals surface area contributed by atoms with E-state index >= 15 is 0 Å². The maximum absolute atomic E-state index is 12.3. The number of fused-ring (bicyclic) bond motifs is 1. The van der Waals surface area contributed by atoms with Gasteiger partial charge in [0.2, 0.25) is 5.91 Å². The van der Waals surface area contributed by atoms with E-state index in [1.807, 2.05) is 0 Å². The lowest BCUT2D eigenvalue weighted by atomic mass is 9.77. The monoisotopic (exact) mass is 272 g/mol. The molecule has 0 heterocycles. The zero-order valence-corrected chi connectivity index (χ0v) is 12.0. The molecule has 3 N–H and O–H groups in total. The van der Waals surface area contributed by atoms with Gasteiger partial charge in [-0.15, -0.1) is 0 Å². The molecule has 1 aromatic carbocycles. The Labute approximate surface area is 120 Å². The summed E-state index contributed by atoms with van der Waals surface area (Å²) in [5.41, 5.74) is 8.98. The van der Waals surface area contributed by atoms with E-state index in [9.17, 15) is 4.79 Å². The molecule has 1 aromatic rings. The maximum Gasteiger partial charge on any atom is 0.224 e. The second kappa shape index (κ2) is 5.96. The van der Waals surface area contributed by atoms with E-state index in [4.69, 9.17) is 5.73 Å². The molecule has 3 nitrogen and oxygen atoms in total. The van der Waals surface area contributed by atoms with E-state index in [1.54, 1.807) is 0 Å². The molecule has 0 saturated heterocycles. The lowest BCUT2D eigenvalue weighted by Gasteiger charge is -2.31. The molecule has 1 amide bonds. The van der Waals surface area contributed by atoms with Crippen LogP contribution in [0.2, 0.25) is 0 Å². The van der Waals surface area contributed by atoms with Crippen molar-refractivity contribution in [1.29, 1.82) is 0 Å². The fraction of sp³-hybridized carbons (Fsp3) is 0.588. The van der Waals surface area contributed by atoms with Crippen LogP contribution in [-0.2, 0) is 11.2 Å². The molecular formula is C17H24N2O. The minimum absolute atomic E-state index is 0.0211. The van der Waals surface area contributed by atoms with Gasteiger partial charge in [0.1, 0.15) is 0 Å². The number of nitrogens with two attached hydrogens (primary N) is 1. The smallest absolute Gasteiger partial charge is 0.224 e. The van der Waals surface area contributed by atoms with Crippen LogP contribution < -0.4 is 11.1 Å². The van der Waals surface area contributed by atoms with Crippen LogP contribution in [0.3, 0.4) is 0 Å². The molecule has 1 fully saturated rings. The highest BCUT2D eigenvalue weighted by atomic mass is 16.1. The molecule has 3 unspecified atom stereocenters. The first-order chi connectivity index (χ1) is 9.75. The zero-order valence-electron chi connectivity index (χ0n) is 12.0. The Morgan fingerprint density at radius 1 is 1.20 bits per heavy atom. The van der Waals surface area contributed by atoms with E-state index in [2.05, 4.69) is 29.6 Å². The van der Waals surface area contributed by atoms with Crippen LogP contribution in [0.4, 0.5) is 0 Å². The first-order valence-electron chi connectivity index (χ1n) is 7.87. The Morgan fingerprint density at radius 3 is 2.85 bits per heavy atom. The summed E-state index contributed by atoms with van der Waals surface area (Å²) in [5, 5.41) is 3.13. The Morgan fingerprint density at radius 2 is 2.00 bits per heavy atom. The van der Waals surface area contributed by atoms with Crippen molar-refractivity contribution < 1.29 is 4.79 Å². The summed E-state index contributed by atoms with van der Waals surface area (Å²) in [7, 11) is 0. The third-order valence-corrected chi connectivity index (χ3v) is 4.89. The number of carbonyl (C=O) groups is 1. The average Bonchev–Trinajstić information content (AvgIpc) is 2.64. The fourth-order valence-corrected chi connectivity index (χ4v) is 3.56. The van der Waals surface area contributed by atoms with Gasteiger partial charge in [-0.3, -0.25) is 4.79 Å². The topological polar surface area (TPSA) is 55.1 Å². The van der Waals surface area contributed by atoms with Crippen LogP contribution in [0.15, 0.2) is 24.3 Å². The summed E-state index contributed by atoms with van der Waals surface area (Å²) in [5.74, 6) is 0.689. The van der Waals surface area contributed by atoms with Crippen molar-refractivity contribution in [3.8, 4) is 0 Å². The molecule has 0 bridgehead atoms. The van der Waals surface area contributed by atoms with Gasteiger partial charge in [0.15, 0.2) is 0 Å². The van der Waals surface area contributed by atoms with Crippen molar-refractivity contribution in [1.82, 2.24) is 5.32 Å². The lowest BCUT2D eigenvalue weighted by molar-refractivity contribution is -0.125. The summed E-state index contributed by atoms with van der Waals surface area (Å²) >= 11 is 0. The van der Waals surface area contributed by atoms with Gasteiger partial charge >= 0.3 is 0 Å². The van der Waals surface area contributed by atoms with Crippen LogP contribution in [0.5, 0.6) is 0 Å². The zero-order chi connectivity index (χ0) is 13.9. The number of hydrogen-bond donors (Lipinski definition) is 2. The summed E-state index contributed by atoms with van der Waals surface area (Å²) in [6.07, 6.45) is 6.55. The Balaban J connectivity index is 1.53. The van der Waals surface area contributed by atoms with Crippen LogP contribution in [0.1, 0.15) is 49.1 Å². The summed E-state index contributed by atoms with van der Waals surface area (Å²) in [6.45, 7) is 0.763. The molecule has 0 aliphatic heterocycles. The van der Waals surface area contributed by atoms with Gasteiger partial charge in [-0.1, -0.05) is 43.5 Å². The molecule has 2 aliphatic carbocycles. The molecule has 0 radical (unpaired) electrons. The molecule has 0 aromatic heterocycles. The van der Waals surface area contributed by atoms with Crippen LogP contribution in [0.25, 0.3) is 0 Å². The number of rotatable bonds is 3. The van der Waals surface area contributed by atoms with E-state index in [0.717, 1.165) is 32.2 Å². The largest absolute Gasteiger partial charge is 0.355 e. The van der Waals surface area contributed by atoms with Gasteiger partial charge < -0.3 is 11.1 Å². The quantitative estimate of drug-likeness (QED) is 0.830. The van der Waals surface area contributed by atoms with Crippen LogP contribution >= 0.6 is 0 Å². The number of hydrogen-bond acceptors (Lipinski definition) is 2. The molecular weight excluding hydrogens is 248 g/mol. The lowest BCUT2D eigenvalue weighted by Crippen LogP contribution is -2.43. The fourth-order valence-electron chi connectivity index (χ4n) is 3.56. The van der Waals surface area contributed by atoms with E-state index in [1.165, 1.54) is 24.0 Å². The standard InChI is InChI=1S/C17H24N2O/c18-16-9-3-1-2-8-15(16)17(20)19-11-13-10-12-6-4-5-7-14(12)13/h4-7,13,15-16H,1-3,8-11,18H2,(H,19,20). The average molecular weight is 272 g/mol. The van der Waals surface area contributed by atoms with Gasteiger partial charge in [0.25, 0.3) is 0 Å². The highest BCUT2D eigenvalue weighted by Crippen LogP contribution is 2.34. The predicted molar refractivity (Wildman–Crippen MR) is 80.4 cm³/mol. The Bertz CT molecular complexity index is 486. The van der Waals surface area contributed by atoms with Crippen molar-refractivity contribution >= 4 is 5.91 Å². The van der Waals surface area contributed by atoms with E-state index < -0.39 is 0 Å². The summed E-state index contributed by atoms with van der Waals surface area (Å²) < 4.78 is 0. The highest BCUT2D eigenvalue weighted by molar-refractivity contribution is 5.79. The van der Waals surface area contributed by atoms with Gasteiger partial charge in [-0.25, -0.2) is 0 Å². The number of carbonyl (C=O) groups excluding carboxylic acids is 1.